The van der Waals surface area contributed by atoms with Crippen molar-refractivity contribution in [3.63, 3.8) is 0 Å². The first kappa shape index (κ1) is 19.3. The van der Waals surface area contributed by atoms with Crippen LogP contribution in [0.25, 0.3) is 6.08 Å². The minimum atomic E-state index is -0.381. The van der Waals surface area contributed by atoms with Crippen LogP contribution < -0.4 is 0 Å². The molecule has 4 nitrogen and oxygen atoms in total. The van der Waals surface area contributed by atoms with Crippen molar-refractivity contribution >= 4 is 27.9 Å². The van der Waals surface area contributed by atoms with Gasteiger partial charge in [0, 0.05) is 29.2 Å². The molecule has 0 bridgehead atoms. The van der Waals surface area contributed by atoms with Gasteiger partial charge in [0.25, 0.3) is 0 Å². The Morgan fingerprint density at radius 2 is 2.09 bits per heavy atom. The first-order valence-corrected chi connectivity index (χ1v) is 8.17. The summed E-state index contributed by atoms with van der Waals surface area (Å²) in [5.74, 6) is -0.591. The average molecular weight is 382 g/mol. The largest absolute Gasteiger partial charge is 0.338 e. The molecule has 1 aromatic carbocycles. The molecule has 23 heavy (non-hydrogen) atoms. The number of nitrogens with zero attached hydrogens (tertiary/aromatic N) is 3. The van der Waals surface area contributed by atoms with E-state index in [1.807, 2.05) is 25.1 Å². The van der Waals surface area contributed by atoms with Crippen LogP contribution in [0.2, 0.25) is 0 Å². The molecule has 0 atom stereocenters. The minimum absolute atomic E-state index is 0.210. The molecule has 0 aliphatic rings. The van der Waals surface area contributed by atoms with E-state index in [0.717, 1.165) is 17.4 Å². The van der Waals surface area contributed by atoms with Gasteiger partial charge in [-0.3, -0.25) is 4.79 Å². The fraction of sp³-hybridized carbons (Fsp3) is 0.412. The van der Waals surface area contributed by atoms with Crippen LogP contribution in [0.3, 0.4) is 0 Å². The third kappa shape index (κ3) is 7.40. The summed E-state index contributed by atoms with van der Waals surface area (Å²) >= 11 is 3.28. The predicted molar refractivity (Wildman–Crippen MR) is 93.1 cm³/mol. The van der Waals surface area contributed by atoms with Crippen LogP contribution >= 0.6 is 15.9 Å². The Bertz CT molecular complexity index is 596. The van der Waals surface area contributed by atoms with Crippen molar-refractivity contribution in [1.82, 2.24) is 9.80 Å². The highest BCUT2D eigenvalue weighted by Gasteiger charge is 2.10. The van der Waals surface area contributed by atoms with E-state index in [-0.39, 0.29) is 18.1 Å². The van der Waals surface area contributed by atoms with Gasteiger partial charge in [-0.15, -0.1) is 0 Å². The molecule has 0 N–H and O–H groups in total. The lowest BCUT2D eigenvalue weighted by atomic mass is 10.2. The summed E-state index contributed by atoms with van der Waals surface area (Å²) in [5, 5.41) is 8.72. The topological polar surface area (TPSA) is 47.3 Å². The lowest BCUT2D eigenvalue weighted by Gasteiger charge is -2.21. The van der Waals surface area contributed by atoms with Gasteiger partial charge in [0.15, 0.2) is 0 Å². The number of nitriles is 1. The Morgan fingerprint density at radius 1 is 1.35 bits per heavy atom. The summed E-state index contributed by atoms with van der Waals surface area (Å²) in [7, 11) is 3.94. The van der Waals surface area contributed by atoms with Crippen molar-refractivity contribution in [2.75, 3.05) is 33.7 Å². The second kappa shape index (κ2) is 10.1. The number of carbonyl (C=O) groups excluding carboxylic acids is 1. The van der Waals surface area contributed by atoms with Crippen molar-refractivity contribution in [3.05, 3.63) is 40.1 Å². The molecule has 0 unspecified atom stereocenters. The fourth-order valence-corrected chi connectivity index (χ4v) is 2.38. The molecule has 0 aliphatic carbocycles. The molecular weight excluding hydrogens is 361 g/mol. The molecule has 1 rings (SSSR count). The third-order valence-corrected chi connectivity index (χ3v) is 3.70. The number of halogens is 2. The van der Waals surface area contributed by atoms with Crippen LogP contribution in [0.4, 0.5) is 4.39 Å². The zero-order chi connectivity index (χ0) is 17.2. The molecular formula is C17H21BrFN3O. The maximum absolute atomic E-state index is 13.7. The molecule has 6 heteroatoms. The van der Waals surface area contributed by atoms with Crippen LogP contribution in [0, 0.1) is 17.1 Å². The van der Waals surface area contributed by atoms with Crippen molar-refractivity contribution in [2.45, 2.75) is 12.8 Å². The Labute approximate surface area is 145 Å². The van der Waals surface area contributed by atoms with E-state index in [9.17, 15) is 9.18 Å². The predicted octanol–water partition coefficient (Wildman–Crippen LogP) is 3.30. The Balaban J connectivity index is 2.73. The summed E-state index contributed by atoms with van der Waals surface area (Å²) in [5.41, 5.74) is 0.348. The summed E-state index contributed by atoms with van der Waals surface area (Å²) < 4.78 is 14.4. The van der Waals surface area contributed by atoms with Gasteiger partial charge in [-0.25, -0.2) is 4.39 Å². The maximum atomic E-state index is 13.7. The van der Waals surface area contributed by atoms with Gasteiger partial charge >= 0.3 is 0 Å². The number of amides is 1. The molecule has 1 amide bonds. The number of rotatable bonds is 8. The SMILES string of the molecule is CN(C)CCCN(CCC#N)C(=O)/C=C/c1cc(Br)ccc1F. The standard InChI is InChI=1S/C17H21BrFN3O/c1-21(2)10-4-12-22(11-3-9-20)17(23)8-5-14-13-15(18)6-7-16(14)19/h5-8,13H,3-4,10-12H2,1-2H3/b8-5+. The number of carbonyl (C=O) groups is 1. The number of hydrogen-bond donors (Lipinski definition) is 0. The van der Waals surface area contributed by atoms with Crippen molar-refractivity contribution in [2.24, 2.45) is 0 Å². The summed E-state index contributed by atoms with van der Waals surface area (Å²) in [6.07, 6.45) is 3.93. The molecule has 0 spiro atoms. The van der Waals surface area contributed by atoms with Crippen LogP contribution in [-0.2, 0) is 4.79 Å². The highest BCUT2D eigenvalue weighted by molar-refractivity contribution is 9.10. The van der Waals surface area contributed by atoms with Gasteiger partial charge in [-0.2, -0.15) is 5.26 Å². The molecule has 0 saturated heterocycles. The Morgan fingerprint density at radius 3 is 2.74 bits per heavy atom. The smallest absolute Gasteiger partial charge is 0.246 e. The van der Waals surface area contributed by atoms with Crippen LogP contribution in [0.1, 0.15) is 18.4 Å². The highest BCUT2D eigenvalue weighted by Crippen LogP contribution is 2.16. The van der Waals surface area contributed by atoms with Gasteiger partial charge in [-0.1, -0.05) is 15.9 Å². The van der Waals surface area contributed by atoms with Crippen molar-refractivity contribution in [1.29, 1.82) is 5.26 Å². The van der Waals surface area contributed by atoms with Gasteiger partial charge in [0.2, 0.25) is 5.91 Å². The van der Waals surface area contributed by atoms with E-state index in [2.05, 4.69) is 15.9 Å². The van der Waals surface area contributed by atoms with Gasteiger partial charge in [0.1, 0.15) is 5.82 Å². The quantitative estimate of drug-likeness (QED) is 0.649. The molecule has 0 aromatic heterocycles. The first-order valence-electron chi connectivity index (χ1n) is 7.37. The molecule has 0 aliphatic heterocycles. The molecule has 0 fully saturated rings. The summed E-state index contributed by atoms with van der Waals surface area (Å²) in [6.45, 7) is 1.82. The van der Waals surface area contributed by atoms with E-state index >= 15 is 0 Å². The second-order valence-electron chi connectivity index (χ2n) is 5.39. The third-order valence-electron chi connectivity index (χ3n) is 3.20. The van der Waals surface area contributed by atoms with Crippen LogP contribution in [-0.4, -0.2) is 49.4 Å². The maximum Gasteiger partial charge on any atom is 0.246 e. The zero-order valence-electron chi connectivity index (χ0n) is 13.4. The van der Waals surface area contributed by atoms with E-state index < -0.39 is 0 Å². The lowest BCUT2D eigenvalue weighted by molar-refractivity contribution is -0.126. The molecule has 0 saturated carbocycles. The summed E-state index contributed by atoms with van der Waals surface area (Å²) in [6, 6.07) is 6.62. The van der Waals surface area contributed by atoms with Gasteiger partial charge in [0.05, 0.1) is 12.5 Å². The van der Waals surface area contributed by atoms with Crippen molar-refractivity contribution in [3.8, 4) is 6.07 Å². The second-order valence-corrected chi connectivity index (χ2v) is 6.31. The monoisotopic (exact) mass is 381 g/mol. The minimum Gasteiger partial charge on any atom is -0.338 e. The van der Waals surface area contributed by atoms with Crippen LogP contribution in [0.15, 0.2) is 28.7 Å². The van der Waals surface area contributed by atoms with Crippen molar-refractivity contribution < 1.29 is 9.18 Å². The molecule has 0 heterocycles. The molecule has 0 radical (unpaired) electrons. The van der Waals surface area contributed by atoms with E-state index in [1.54, 1.807) is 17.0 Å². The number of hydrogen-bond acceptors (Lipinski definition) is 3. The fourth-order valence-electron chi connectivity index (χ4n) is 2.00. The zero-order valence-corrected chi connectivity index (χ0v) is 15.0. The average Bonchev–Trinajstić information content (AvgIpc) is 2.50. The lowest BCUT2D eigenvalue weighted by Crippen LogP contribution is -2.33. The molecule has 1 aromatic rings. The summed E-state index contributed by atoms with van der Waals surface area (Å²) in [4.78, 5) is 15.9. The Kier molecular flexibility index (Phi) is 8.52. The van der Waals surface area contributed by atoms with Gasteiger partial charge in [-0.05, 0) is 51.3 Å². The van der Waals surface area contributed by atoms with Crippen LogP contribution in [0.5, 0.6) is 0 Å². The Hall–Kier alpha value is -1.71. The van der Waals surface area contributed by atoms with E-state index in [4.69, 9.17) is 5.26 Å². The van der Waals surface area contributed by atoms with E-state index in [1.165, 1.54) is 18.2 Å². The highest BCUT2D eigenvalue weighted by atomic mass is 79.9. The van der Waals surface area contributed by atoms with Gasteiger partial charge < -0.3 is 9.80 Å². The first-order chi connectivity index (χ1) is 10.9. The van der Waals surface area contributed by atoms with E-state index in [0.29, 0.717) is 18.7 Å². The number of benzene rings is 1. The molecule has 124 valence electrons. The normalized spacial score (nSPS) is 11.0.